The third kappa shape index (κ3) is 2.24. The lowest BCUT2D eigenvalue weighted by Crippen LogP contribution is -2.01. The van der Waals surface area contributed by atoms with Crippen LogP contribution in [0.4, 0.5) is 17.1 Å². The summed E-state index contributed by atoms with van der Waals surface area (Å²) in [5.41, 5.74) is -0.786. The van der Waals surface area contributed by atoms with Crippen LogP contribution in [-0.2, 0) is 0 Å². The van der Waals surface area contributed by atoms with E-state index in [0.717, 1.165) is 0 Å². The van der Waals surface area contributed by atoms with Gasteiger partial charge in [0.15, 0.2) is 0 Å². The van der Waals surface area contributed by atoms with Crippen LogP contribution >= 0.6 is 0 Å². The fraction of sp³-hybridized carbons (Fsp3) is 0.167. The van der Waals surface area contributed by atoms with E-state index in [4.69, 9.17) is 0 Å². The van der Waals surface area contributed by atoms with E-state index in [1.165, 1.54) is 12.1 Å². The molecule has 0 amide bonds. The van der Waals surface area contributed by atoms with Crippen molar-refractivity contribution in [3.05, 3.63) is 59.7 Å². The molecule has 0 saturated carbocycles. The average Bonchev–Trinajstić information content (AvgIpc) is 2.37. The number of non-ortho nitro benzene ring substituents is 1. The Morgan fingerprint density at radius 1 is 0.714 bits per heavy atom. The fourth-order valence-electron chi connectivity index (χ4n) is 2.12. The van der Waals surface area contributed by atoms with Gasteiger partial charge >= 0.3 is 11.4 Å². The Hall–Kier alpha value is -3.10. The third-order valence-corrected chi connectivity index (χ3v) is 3.26. The summed E-state index contributed by atoms with van der Waals surface area (Å²) in [6, 6.07) is 3.43. The first-order chi connectivity index (χ1) is 9.73. The van der Waals surface area contributed by atoms with E-state index in [9.17, 15) is 30.3 Å². The van der Waals surface area contributed by atoms with Crippen molar-refractivity contribution in [2.24, 2.45) is 0 Å². The molecule has 0 aliphatic rings. The van der Waals surface area contributed by atoms with Gasteiger partial charge in [0.2, 0.25) is 0 Å². The average molecular weight is 291 g/mol. The van der Waals surface area contributed by atoms with Crippen LogP contribution in [0.1, 0.15) is 11.1 Å². The molecule has 0 aromatic heterocycles. The lowest BCUT2D eigenvalue weighted by molar-refractivity contribution is -0.422. The highest BCUT2D eigenvalue weighted by atomic mass is 16.6. The van der Waals surface area contributed by atoms with E-state index in [1.54, 1.807) is 13.8 Å². The minimum absolute atomic E-state index is 0.0143. The molecule has 0 N–H and O–H groups in total. The minimum Gasteiger partial charge on any atom is -0.258 e. The van der Waals surface area contributed by atoms with E-state index < -0.39 is 31.8 Å². The Morgan fingerprint density at radius 2 is 1.19 bits per heavy atom. The molecule has 0 saturated heterocycles. The van der Waals surface area contributed by atoms with Crippen LogP contribution in [0.2, 0.25) is 0 Å². The Labute approximate surface area is 117 Å². The number of fused-ring (bicyclic) bond motifs is 1. The van der Waals surface area contributed by atoms with Crippen LogP contribution in [0.15, 0.2) is 18.2 Å². The number of nitro benzene ring substituents is 3. The number of nitrogens with zero attached hydrogens (tertiary/aromatic N) is 3. The number of rotatable bonds is 3. The van der Waals surface area contributed by atoms with Crippen molar-refractivity contribution in [3.8, 4) is 0 Å². The van der Waals surface area contributed by atoms with E-state index in [2.05, 4.69) is 0 Å². The summed E-state index contributed by atoms with van der Waals surface area (Å²) >= 11 is 0. The molecule has 0 radical (unpaired) electrons. The van der Waals surface area contributed by atoms with Crippen molar-refractivity contribution in [1.82, 2.24) is 0 Å². The molecule has 21 heavy (non-hydrogen) atoms. The van der Waals surface area contributed by atoms with E-state index in [-0.39, 0.29) is 10.8 Å². The second-order valence-corrected chi connectivity index (χ2v) is 4.52. The number of benzene rings is 2. The normalized spacial score (nSPS) is 10.6. The van der Waals surface area contributed by atoms with Crippen LogP contribution in [0, 0.1) is 44.2 Å². The molecule has 0 atom stereocenters. The smallest absolute Gasteiger partial charge is 0.258 e. The molecule has 0 aliphatic heterocycles. The molecule has 0 aliphatic carbocycles. The molecular weight excluding hydrogens is 282 g/mol. The molecule has 0 unspecified atom stereocenters. The highest BCUT2D eigenvalue weighted by Crippen LogP contribution is 2.41. The maximum absolute atomic E-state index is 11.1. The minimum atomic E-state index is -0.986. The lowest BCUT2D eigenvalue weighted by atomic mass is 9.99. The van der Waals surface area contributed by atoms with Gasteiger partial charge in [0.1, 0.15) is 6.07 Å². The van der Waals surface area contributed by atoms with E-state index in [1.807, 2.05) is 0 Å². The summed E-state index contributed by atoms with van der Waals surface area (Å²) < 4.78 is 0. The number of aryl methyl sites for hydroxylation is 2. The van der Waals surface area contributed by atoms with Crippen LogP contribution in [0.3, 0.4) is 0 Å². The number of hydrogen-bond acceptors (Lipinski definition) is 6. The molecule has 2 aromatic rings. The number of hydrogen-bond donors (Lipinski definition) is 0. The van der Waals surface area contributed by atoms with Crippen molar-refractivity contribution in [2.75, 3.05) is 0 Å². The van der Waals surface area contributed by atoms with E-state index >= 15 is 0 Å². The summed E-state index contributed by atoms with van der Waals surface area (Å²) in [4.78, 5) is 30.5. The zero-order valence-electron chi connectivity index (χ0n) is 11.0. The Kier molecular flexibility index (Phi) is 3.26. The summed E-state index contributed by atoms with van der Waals surface area (Å²) in [5, 5.41) is 33.1. The highest BCUT2D eigenvalue weighted by Gasteiger charge is 2.33. The molecule has 108 valence electrons. The zero-order valence-corrected chi connectivity index (χ0v) is 11.0. The first-order valence-electron chi connectivity index (χ1n) is 5.75. The van der Waals surface area contributed by atoms with Crippen LogP contribution in [0.25, 0.3) is 10.8 Å². The highest BCUT2D eigenvalue weighted by molar-refractivity contribution is 6.01. The quantitative estimate of drug-likeness (QED) is 0.630. The van der Waals surface area contributed by atoms with Crippen molar-refractivity contribution in [1.29, 1.82) is 0 Å². The lowest BCUT2D eigenvalue weighted by Gasteiger charge is -2.06. The molecule has 9 heteroatoms. The Balaban J connectivity index is 3.10. The van der Waals surface area contributed by atoms with Gasteiger partial charge in [-0.15, -0.1) is 0 Å². The fourth-order valence-corrected chi connectivity index (χ4v) is 2.12. The van der Waals surface area contributed by atoms with Crippen molar-refractivity contribution in [3.63, 3.8) is 0 Å². The molecule has 0 spiro atoms. The molecule has 9 nitrogen and oxygen atoms in total. The Bertz CT molecular complexity index is 814. The van der Waals surface area contributed by atoms with Crippen molar-refractivity contribution < 1.29 is 14.8 Å². The monoisotopic (exact) mass is 291 g/mol. The van der Waals surface area contributed by atoms with E-state index in [0.29, 0.717) is 17.2 Å². The van der Waals surface area contributed by atoms with Crippen LogP contribution in [0.5, 0.6) is 0 Å². The van der Waals surface area contributed by atoms with Gasteiger partial charge in [0.25, 0.3) is 5.69 Å². The molecule has 0 bridgehead atoms. The summed E-state index contributed by atoms with van der Waals surface area (Å²) in [6.45, 7) is 3.37. The van der Waals surface area contributed by atoms with Crippen molar-refractivity contribution in [2.45, 2.75) is 13.8 Å². The molecule has 0 heterocycles. The molecule has 2 rings (SSSR count). The third-order valence-electron chi connectivity index (χ3n) is 3.26. The maximum Gasteiger partial charge on any atom is 0.354 e. The second-order valence-electron chi connectivity index (χ2n) is 4.52. The molecule has 2 aromatic carbocycles. The summed E-state index contributed by atoms with van der Waals surface area (Å²) in [5.74, 6) is 0. The van der Waals surface area contributed by atoms with Gasteiger partial charge in [0, 0.05) is 0 Å². The van der Waals surface area contributed by atoms with Gasteiger partial charge in [0.05, 0.1) is 25.5 Å². The predicted octanol–water partition coefficient (Wildman–Crippen LogP) is 3.18. The zero-order chi connectivity index (χ0) is 15.9. The van der Waals surface area contributed by atoms with Crippen LogP contribution in [-0.4, -0.2) is 14.8 Å². The van der Waals surface area contributed by atoms with Gasteiger partial charge in [-0.1, -0.05) is 0 Å². The Morgan fingerprint density at radius 3 is 1.62 bits per heavy atom. The van der Waals surface area contributed by atoms with Gasteiger partial charge < -0.3 is 0 Å². The van der Waals surface area contributed by atoms with Crippen LogP contribution < -0.4 is 0 Å². The predicted molar refractivity (Wildman–Crippen MR) is 73.4 cm³/mol. The standard InChI is InChI=1S/C12H9N3O6/c1-6-3-8-9(4-7(6)2)12(15(20)21)11(14(18)19)5-10(8)13(16)17/h3-5H,1-2H3. The first-order valence-corrected chi connectivity index (χ1v) is 5.75. The summed E-state index contributed by atoms with van der Waals surface area (Å²) in [7, 11) is 0. The molecular formula is C12H9N3O6. The maximum atomic E-state index is 11.1. The van der Waals surface area contributed by atoms with Gasteiger partial charge in [-0.25, -0.2) is 0 Å². The number of nitro groups is 3. The topological polar surface area (TPSA) is 129 Å². The second kappa shape index (κ2) is 4.78. The summed E-state index contributed by atoms with van der Waals surface area (Å²) in [6.07, 6.45) is 0. The molecule has 0 fully saturated rings. The SMILES string of the molecule is Cc1cc2c([N+](=O)[O-])cc([N+](=O)[O-])c([N+](=O)[O-])c2cc1C. The van der Waals surface area contributed by atoms with Crippen molar-refractivity contribution >= 4 is 27.8 Å². The van der Waals surface area contributed by atoms with Gasteiger partial charge in [-0.3, -0.25) is 30.3 Å². The largest absolute Gasteiger partial charge is 0.354 e. The van der Waals surface area contributed by atoms with Gasteiger partial charge in [-0.05, 0) is 37.1 Å². The first kappa shape index (κ1) is 14.3. The van der Waals surface area contributed by atoms with Gasteiger partial charge in [-0.2, -0.15) is 0 Å².